The zero-order chi connectivity index (χ0) is 8.65. The molecule has 0 saturated carbocycles. The van der Waals surface area contributed by atoms with E-state index in [4.69, 9.17) is 27.5 Å². The van der Waals surface area contributed by atoms with Crippen molar-refractivity contribution in [1.82, 2.24) is 5.06 Å². The molecular weight excluding hydrogens is 152 g/mol. The molecule has 8 N–H and O–H groups in total. The predicted octanol–water partition coefficient (Wildman–Crippen LogP) is -3.12. The van der Waals surface area contributed by atoms with E-state index in [1.165, 1.54) is 0 Å². The molecule has 0 aliphatic carbocycles. The summed E-state index contributed by atoms with van der Waals surface area (Å²) in [4.78, 5) is 6.50. The van der Waals surface area contributed by atoms with Crippen molar-refractivity contribution in [2.45, 2.75) is 5.97 Å². The largest absolute Gasteiger partial charge is 0.368 e. The van der Waals surface area contributed by atoms with Gasteiger partial charge >= 0.3 is 5.97 Å². The van der Waals surface area contributed by atoms with E-state index in [0.29, 0.717) is 0 Å². The maximum Gasteiger partial charge on any atom is 0.326 e. The molecule has 11 heavy (non-hydrogen) atoms. The Kier molecular flexibility index (Phi) is 1.44. The third-order valence-electron chi connectivity index (χ3n) is 1.04. The van der Waals surface area contributed by atoms with E-state index in [-0.39, 0.29) is 11.0 Å². The second-order valence-corrected chi connectivity index (χ2v) is 1.94. The van der Waals surface area contributed by atoms with E-state index in [1.54, 1.807) is 0 Å². The van der Waals surface area contributed by atoms with E-state index in [0.717, 1.165) is 0 Å². The lowest BCUT2D eigenvalue weighted by Crippen LogP contribution is -2.60. The number of aliphatic imine (C=N–C) groups is 2. The molecule has 62 valence electrons. The van der Waals surface area contributed by atoms with Crippen LogP contribution in [-0.4, -0.2) is 33.3 Å². The van der Waals surface area contributed by atoms with Gasteiger partial charge in [0.25, 0.3) is 0 Å². The van der Waals surface area contributed by atoms with Crippen LogP contribution in [-0.2, 0) is 0 Å². The van der Waals surface area contributed by atoms with Crippen molar-refractivity contribution in [2.75, 3.05) is 0 Å². The molecule has 8 heteroatoms. The van der Waals surface area contributed by atoms with Gasteiger partial charge in [-0.3, -0.25) is 10.9 Å². The van der Waals surface area contributed by atoms with Crippen molar-refractivity contribution in [3.05, 3.63) is 0 Å². The maximum atomic E-state index is 9.01. The molecule has 1 atom stereocenters. The summed E-state index contributed by atoms with van der Waals surface area (Å²) in [6, 6.07) is 0. The molecule has 0 aromatic carbocycles. The lowest BCUT2D eigenvalue weighted by molar-refractivity contribution is -0.207. The zero-order valence-electron chi connectivity index (χ0n) is 5.47. The van der Waals surface area contributed by atoms with E-state index < -0.39 is 11.9 Å². The van der Waals surface area contributed by atoms with Crippen molar-refractivity contribution in [1.29, 1.82) is 0 Å². The average molecular weight is 160 g/mol. The summed E-state index contributed by atoms with van der Waals surface area (Å²) in [5.41, 5.74) is 15.1. The summed E-state index contributed by atoms with van der Waals surface area (Å²) in [6.07, 6.45) is 0. The molecular formula is C3H8N6O2. The fraction of sp³-hybridized carbons (Fsp3) is 0.333. The van der Waals surface area contributed by atoms with E-state index in [2.05, 4.69) is 9.98 Å². The quantitative estimate of drug-likeness (QED) is 0.237. The van der Waals surface area contributed by atoms with E-state index in [9.17, 15) is 0 Å². The van der Waals surface area contributed by atoms with Crippen molar-refractivity contribution in [3.8, 4) is 0 Å². The molecule has 1 unspecified atom stereocenters. The second-order valence-electron chi connectivity index (χ2n) is 1.94. The number of hydroxylamine groups is 2. The SMILES string of the molecule is NC1=NC(N)(O)N(O)C(N)=N1. The lowest BCUT2D eigenvalue weighted by Gasteiger charge is -2.29. The Morgan fingerprint density at radius 1 is 1.45 bits per heavy atom. The minimum atomic E-state index is -2.32. The Morgan fingerprint density at radius 3 is 2.45 bits per heavy atom. The van der Waals surface area contributed by atoms with Crippen LogP contribution in [0, 0.1) is 0 Å². The summed E-state index contributed by atoms with van der Waals surface area (Å²) in [5, 5.41) is 18.0. The Labute approximate surface area is 61.6 Å². The highest BCUT2D eigenvalue weighted by atomic mass is 16.6. The molecule has 0 radical (unpaired) electrons. The van der Waals surface area contributed by atoms with Gasteiger partial charge in [-0.25, -0.2) is 0 Å². The standard InChI is InChI=1S/C3H8N6O2/c4-1-7-2(5)9(11)3(6,10)8-1/h10-11H,6H2,(H4,4,5,7,8). The highest BCUT2D eigenvalue weighted by molar-refractivity contribution is 5.94. The maximum absolute atomic E-state index is 9.01. The van der Waals surface area contributed by atoms with Crippen LogP contribution >= 0.6 is 0 Å². The van der Waals surface area contributed by atoms with Gasteiger partial charge in [0, 0.05) is 0 Å². The first kappa shape index (κ1) is 7.72. The summed E-state index contributed by atoms with van der Waals surface area (Å²) in [7, 11) is 0. The van der Waals surface area contributed by atoms with Crippen LogP contribution in [0.4, 0.5) is 0 Å². The molecule has 8 nitrogen and oxygen atoms in total. The monoisotopic (exact) mass is 160 g/mol. The summed E-state index contributed by atoms with van der Waals surface area (Å²) >= 11 is 0. The Balaban J connectivity index is 3.01. The molecule has 1 rings (SSSR count). The third kappa shape index (κ3) is 1.22. The molecule has 1 heterocycles. The lowest BCUT2D eigenvalue weighted by atomic mass is 10.6. The molecule has 1 aliphatic rings. The van der Waals surface area contributed by atoms with Gasteiger partial charge in [-0.05, 0) is 0 Å². The van der Waals surface area contributed by atoms with Gasteiger partial charge in [0.1, 0.15) is 0 Å². The zero-order valence-corrected chi connectivity index (χ0v) is 5.47. The number of rotatable bonds is 0. The fourth-order valence-corrected chi connectivity index (χ4v) is 0.574. The third-order valence-corrected chi connectivity index (χ3v) is 1.04. The van der Waals surface area contributed by atoms with Crippen molar-refractivity contribution in [3.63, 3.8) is 0 Å². The van der Waals surface area contributed by atoms with Gasteiger partial charge in [0.15, 0.2) is 0 Å². The van der Waals surface area contributed by atoms with Crippen molar-refractivity contribution in [2.24, 2.45) is 27.2 Å². The van der Waals surface area contributed by atoms with Gasteiger partial charge < -0.3 is 16.6 Å². The van der Waals surface area contributed by atoms with Crippen LogP contribution in [0.25, 0.3) is 0 Å². The van der Waals surface area contributed by atoms with Crippen molar-refractivity contribution >= 4 is 11.9 Å². The number of nitrogens with two attached hydrogens (primary N) is 3. The van der Waals surface area contributed by atoms with Gasteiger partial charge in [-0.15, -0.1) is 0 Å². The van der Waals surface area contributed by atoms with Crippen LogP contribution < -0.4 is 17.2 Å². The molecule has 0 fully saturated rings. The van der Waals surface area contributed by atoms with E-state index >= 15 is 0 Å². The normalized spacial score (nSPS) is 31.4. The van der Waals surface area contributed by atoms with Crippen LogP contribution in [0.15, 0.2) is 9.98 Å². The van der Waals surface area contributed by atoms with Gasteiger partial charge in [-0.2, -0.15) is 15.0 Å². The topological polar surface area (TPSA) is 146 Å². The van der Waals surface area contributed by atoms with Gasteiger partial charge in [0.2, 0.25) is 11.9 Å². The molecule has 0 amide bonds. The first-order valence-electron chi connectivity index (χ1n) is 2.63. The minimum absolute atomic E-state index is 0.101. The molecule has 0 aromatic rings. The highest BCUT2D eigenvalue weighted by Gasteiger charge is 2.34. The predicted molar refractivity (Wildman–Crippen MR) is 36.0 cm³/mol. The summed E-state index contributed by atoms with van der Waals surface area (Å²) < 4.78 is 0. The Hall–Kier alpha value is -1.38. The fourth-order valence-electron chi connectivity index (χ4n) is 0.574. The molecule has 0 aromatic heterocycles. The smallest absolute Gasteiger partial charge is 0.326 e. The summed E-state index contributed by atoms with van der Waals surface area (Å²) in [6.45, 7) is 0. The van der Waals surface area contributed by atoms with Crippen LogP contribution in [0.1, 0.15) is 0 Å². The number of guanidine groups is 2. The second kappa shape index (κ2) is 2.05. The highest BCUT2D eigenvalue weighted by Crippen LogP contribution is 2.07. The molecule has 0 bridgehead atoms. The van der Waals surface area contributed by atoms with Crippen molar-refractivity contribution < 1.29 is 10.3 Å². The van der Waals surface area contributed by atoms with E-state index in [1.807, 2.05) is 0 Å². The first-order chi connectivity index (χ1) is 4.93. The molecule has 1 aliphatic heterocycles. The summed E-state index contributed by atoms with van der Waals surface area (Å²) in [5.74, 6) is -3.03. The number of nitrogens with zero attached hydrogens (tertiary/aromatic N) is 3. The van der Waals surface area contributed by atoms with Crippen LogP contribution in [0.2, 0.25) is 0 Å². The van der Waals surface area contributed by atoms with Crippen LogP contribution in [0.3, 0.4) is 0 Å². The Morgan fingerprint density at radius 2 is 2.00 bits per heavy atom. The average Bonchev–Trinajstić information content (AvgIpc) is 1.81. The molecule has 0 saturated heterocycles. The molecule has 0 spiro atoms. The van der Waals surface area contributed by atoms with Gasteiger partial charge in [-0.1, -0.05) is 0 Å². The minimum Gasteiger partial charge on any atom is -0.368 e. The first-order valence-corrected chi connectivity index (χ1v) is 2.63. The number of hydrogen-bond acceptors (Lipinski definition) is 8. The number of aliphatic hydroxyl groups is 1. The van der Waals surface area contributed by atoms with Gasteiger partial charge in [0.05, 0.1) is 0 Å². The Bertz CT molecular complexity index is 232. The number of hydrogen-bond donors (Lipinski definition) is 5. The van der Waals surface area contributed by atoms with Crippen LogP contribution in [0.5, 0.6) is 0 Å².